The van der Waals surface area contributed by atoms with Crippen molar-refractivity contribution in [3.05, 3.63) is 180 Å². The van der Waals surface area contributed by atoms with Gasteiger partial charge in [-0.2, -0.15) is 0 Å². The minimum Gasteiger partial charge on any atom is -0.258 e. The first-order chi connectivity index (χ1) is 25.7. The lowest BCUT2D eigenvalue weighted by Gasteiger charge is -2.20. The summed E-state index contributed by atoms with van der Waals surface area (Å²) in [5, 5.41) is 5.15. The first-order valence-corrected chi connectivity index (χ1v) is 19.4. The van der Waals surface area contributed by atoms with Crippen LogP contribution in [-0.2, 0) is 0 Å². The summed E-state index contributed by atoms with van der Waals surface area (Å²) in [6.45, 7) is 2.29. The Morgan fingerprint density at radius 3 is 2.10 bits per heavy atom. The van der Waals surface area contributed by atoms with E-state index in [1.54, 1.807) is 0 Å². The molecule has 0 aliphatic carbocycles. The van der Waals surface area contributed by atoms with Gasteiger partial charge in [0.25, 0.3) is 0 Å². The van der Waals surface area contributed by atoms with Gasteiger partial charge in [-0.1, -0.05) is 128 Å². The Labute approximate surface area is 311 Å². The number of nitrogens with zero attached hydrogens (tertiary/aromatic N) is 2. The fourth-order valence-corrected chi connectivity index (χ4v) is 10.2. The average Bonchev–Trinajstić information content (AvgIpc) is 3.72. The summed E-state index contributed by atoms with van der Waals surface area (Å²) < 4.78 is 5.18. The first kappa shape index (κ1) is 30.9. The van der Waals surface area contributed by atoms with Crippen LogP contribution in [0.3, 0.4) is 0 Å². The van der Waals surface area contributed by atoms with Gasteiger partial charge in [0.15, 0.2) is 5.84 Å². The molecule has 10 rings (SSSR count). The van der Waals surface area contributed by atoms with Crippen molar-refractivity contribution in [3.8, 4) is 22.3 Å². The average molecular weight is 701 g/mol. The second-order valence-electron chi connectivity index (χ2n) is 13.6. The van der Waals surface area contributed by atoms with Crippen LogP contribution in [0.25, 0.3) is 62.6 Å². The van der Waals surface area contributed by atoms with Crippen molar-refractivity contribution in [1.29, 1.82) is 0 Å². The van der Waals surface area contributed by atoms with Crippen molar-refractivity contribution in [3.63, 3.8) is 0 Å². The van der Waals surface area contributed by atoms with Crippen LogP contribution in [0.1, 0.15) is 36.1 Å². The number of benzene rings is 6. The van der Waals surface area contributed by atoms with Gasteiger partial charge < -0.3 is 0 Å². The first-order valence-electron chi connectivity index (χ1n) is 17.7. The van der Waals surface area contributed by atoms with Gasteiger partial charge in [-0.3, -0.25) is 4.99 Å². The van der Waals surface area contributed by atoms with Crippen LogP contribution in [0.15, 0.2) is 162 Å². The van der Waals surface area contributed by atoms with Crippen molar-refractivity contribution < 1.29 is 0 Å². The zero-order valence-electron chi connectivity index (χ0n) is 28.5. The predicted molar refractivity (Wildman–Crippen MR) is 223 cm³/mol. The lowest BCUT2D eigenvalue weighted by Crippen LogP contribution is -2.12. The van der Waals surface area contributed by atoms with E-state index in [0.29, 0.717) is 0 Å². The van der Waals surface area contributed by atoms with Crippen LogP contribution >= 0.6 is 22.7 Å². The molecule has 52 heavy (non-hydrogen) atoms. The van der Waals surface area contributed by atoms with Gasteiger partial charge >= 0.3 is 0 Å². The van der Waals surface area contributed by atoms with Crippen LogP contribution in [0.5, 0.6) is 0 Å². The molecule has 0 spiro atoms. The van der Waals surface area contributed by atoms with E-state index in [9.17, 15) is 0 Å². The highest BCUT2D eigenvalue weighted by molar-refractivity contribution is 7.26. The van der Waals surface area contributed by atoms with Crippen LogP contribution in [0.4, 0.5) is 0 Å². The SMILES string of the molecule is C[C@H]1CC(c2ccccc2)=NC(c2cccc(-c3ccc4sc5ccccc5c4c3)c2-c2cccc3c2sc2ccccc23)=NC1c1cc#ccc1. The monoisotopic (exact) mass is 700 g/mol. The normalized spacial score (nSPS) is 16.2. The summed E-state index contributed by atoms with van der Waals surface area (Å²) in [7, 11) is 0. The molecule has 0 saturated heterocycles. The molecule has 1 aliphatic rings. The highest BCUT2D eigenvalue weighted by Gasteiger charge is 2.28. The maximum absolute atomic E-state index is 5.60. The Morgan fingerprint density at radius 2 is 1.27 bits per heavy atom. The molecule has 0 radical (unpaired) electrons. The number of hydrogen-bond donors (Lipinski definition) is 0. The number of fused-ring (bicyclic) bond motifs is 6. The molecule has 2 aromatic heterocycles. The Morgan fingerprint density at radius 1 is 0.577 bits per heavy atom. The van der Waals surface area contributed by atoms with Crippen LogP contribution in [-0.4, -0.2) is 11.5 Å². The highest BCUT2D eigenvalue weighted by atomic mass is 32.1. The molecule has 3 heterocycles. The maximum atomic E-state index is 5.60. The van der Waals surface area contributed by atoms with Crippen LogP contribution < -0.4 is 0 Å². The van der Waals surface area contributed by atoms with Crippen molar-refractivity contribution in [1.82, 2.24) is 0 Å². The van der Waals surface area contributed by atoms with Gasteiger partial charge in [0.2, 0.25) is 0 Å². The molecule has 7 aromatic carbocycles. The molecule has 0 amide bonds. The zero-order valence-corrected chi connectivity index (χ0v) is 30.1. The molecular formula is C48H32N2S2. The number of aliphatic imine (C=N–C) groups is 2. The number of thiophene rings is 2. The molecule has 246 valence electrons. The summed E-state index contributed by atoms with van der Waals surface area (Å²) in [4.78, 5) is 11.1. The Bertz CT molecular complexity index is 2840. The Hall–Kier alpha value is -5.86. The summed E-state index contributed by atoms with van der Waals surface area (Å²) >= 11 is 3.72. The summed E-state index contributed by atoms with van der Waals surface area (Å²) in [5.74, 6) is 0.984. The van der Waals surface area contributed by atoms with E-state index in [2.05, 4.69) is 159 Å². The Balaban J connectivity index is 1.28. The molecule has 9 aromatic rings. The number of hydrogen-bond acceptors (Lipinski definition) is 4. The number of rotatable bonds is 5. The van der Waals surface area contributed by atoms with Gasteiger partial charge in [0.05, 0.1) is 11.8 Å². The molecule has 0 bridgehead atoms. The minimum atomic E-state index is -0.0871. The molecule has 2 atom stereocenters. The quantitative estimate of drug-likeness (QED) is 0.171. The lowest BCUT2D eigenvalue weighted by molar-refractivity contribution is 0.493. The molecule has 2 nitrogen and oxygen atoms in total. The summed E-state index contributed by atoms with van der Waals surface area (Å²) in [6.07, 6.45) is 0.809. The second-order valence-corrected chi connectivity index (χ2v) is 15.7. The lowest BCUT2D eigenvalue weighted by atomic mass is 9.88. The molecule has 1 aliphatic heterocycles. The van der Waals surface area contributed by atoms with E-state index in [0.717, 1.165) is 40.2 Å². The molecule has 4 heteroatoms. The third kappa shape index (κ3) is 5.25. The van der Waals surface area contributed by atoms with Crippen molar-refractivity contribution in [2.24, 2.45) is 15.9 Å². The summed E-state index contributed by atoms with van der Waals surface area (Å²) in [6, 6.07) is 60.8. The molecule has 0 saturated carbocycles. The van der Waals surface area contributed by atoms with Gasteiger partial charge in [0.1, 0.15) is 0 Å². The van der Waals surface area contributed by atoms with E-state index in [-0.39, 0.29) is 12.0 Å². The van der Waals surface area contributed by atoms with E-state index in [1.165, 1.54) is 57.0 Å². The van der Waals surface area contributed by atoms with Crippen molar-refractivity contribution in [2.75, 3.05) is 0 Å². The molecular weight excluding hydrogens is 669 g/mol. The van der Waals surface area contributed by atoms with Crippen molar-refractivity contribution in [2.45, 2.75) is 19.4 Å². The topological polar surface area (TPSA) is 24.7 Å². The second kappa shape index (κ2) is 12.7. The maximum Gasteiger partial charge on any atom is 0.156 e. The van der Waals surface area contributed by atoms with Gasteiger partial charge in [-0.15, -0.1) is 22.7 Å². The minimum absolute atomic E-state index is 0.0871. The molecule has 1 unspecified atom stereocenters. The van der Waals surface area contributed by atoms with E-state index >= 15 is 0 Å². The molecule has 0 fully saturated rings. The largest absolute Gasteiger partial charge is 0.258 e. The van der Waals surface area contributed by atoms with E-state index < -0.39 is 0 Å². The third-order valence-corrected chi connectivity index (χ3v) is 12.7. The van der Waals surface area contributed by atoms with Crippen LogP contribution in [0.2, 0.25) is 0 Å². The van der Waals surface area contributed by atoms with Gasteiger partial charge in [-0.25, -0.2) is 4.99 Å². The third-order valence-electron chi connectivity index (χ3n) is 10.4. The highest BCUT2D eigenvalue weighted by Crippen LogP contribution is 2.46. The fraction of sp³-hybridized carbons (Fsp3) is 0.0833. The predicted octanol–water partition coefficient (Wildman–Crippen LogP) is 13.4. The van der Waals surface area contributed by atoms with Gasteiger partial charge in [-0.05, 0) is 77.1 Å². The van der Waals surface area contributed by atoms with Gasteiger partial charge in [0, 0.05) is 57.0 Å². The fourth-order valence-electron chi connectivity index (χ4n) is 7.87. The Kier molecular flexibility index (Phi) is 7.57. The zero-order chi connectivity index (χ0) is 34.6. The van der Waals surface area contributed by atoms with Crippen LogP contribution in [0, 0.1) is 18.1 Å². The van der Waals surface area contributed by atoms with E-state index in [1.807, 2.05) is 34.8 Å². The summed E-state index contributed by atoms with van der Waals surface area (Å²) in [5.41, 5.74) is 9.09. The van der Waals surface area contributed by atoms with Crippen molar-refractivity contribution >= 4 is 74.6 Å². The molecule has 0 N–H and O–H groups in total. The standard InChI is InChI=1S/C48H32N2S2/c1-30-28-41(31-14-4-2-5-15-31)49-48(50-46(30)32-16-6-3-7-17-32)39-23-12-20-34(33-26-27-44-40(29-33)36-19-9-10-24-42(36)51-44)45(39)38-22-13-21-37-35-18-8-11-25-43(35)52-47(37)38/h2,4-6,8-27,29-30,46H,28H2,1H3/t30-,46?/m0/s1. The smallest absolute Gasteiger partial charge is 0.156 e. The number of amidine groups is 1. The van der Waals surface area contributed by atoms with E-state index in [4.69, 9.17) is 9.98 Å².